The number of rotatable bonds is 6. The first-order valence-corrected chi connectivity index (χ1v) is 7.42. The van der Waals surface area contributed by atoms with Gasteiger partial charge in [-0.25, -0.2) is 4.79 Å². The van der Waals surface area contributed by atoms with Gasteiger partial charge in [-0.1, -0.05) is 12.1 Å². The third-order valence-corrected chi connectivity index (χ3v) is 3.59. The number of nitrogen functional groups attached to an aromatic ring is 2. The predicted molar refractivity (Wildman–Crippen MR) is 92.9 cm³/mol. The van der Waals surface area contributed by atoms with Crippen molar-refractivity contribution in [3.63, 3.8) is 0 Å². The summed E-state index contributed by atoms with van der Waals surface area (Å²) < 4.78 is 5.16. The normalized spacial score (nSPS) is 11.6. The summed E-state index contributed by atoms with van der Waals surface area (Å²) in [7, 11) is 0. The molecule has 0 aromatic heterocycles. The van der Waals surface area contributed by atoms with E-state index in [1.54, 1.807) is 0 Å². The largest absolute Gasteiger partial charge is 0.506 e. The molecule has 0 aliphatic carbocycles. The Morgan fingerprint density at radius 2 is 1.62 bits per heavy atom. The van der Waals surface area contributed by atoms with E-state index in [-0.39, 0.29) is 34.0 Å². The number of esters is 1. The second kappa shape index (κ2) is 7.53. The SMILES string of the molecule is Nc1c(O)cccc1C(=O)Oc1cccc(C(=O)C[C@H](N)C(=O)O)c1N. The maximum Gasteiger partial charge on any atom is 0.345 e. The van der Waals surface area contributed by atoms with Gasteiger partial charge in [-0.15, -0.1) is 0 Å². The number of anilines is 2. The second-order valence-electron chi connectivity index (χ2n) is 5.42. The van der Waals surface area contributed by atoms with E-state index < -0.39 is 30.2 Å². The molecular formula is C17H17N3O6. The number of carbonyl (C=O) groups is 3. The van der Waals surface area contributed by atoms with Gasteiger partial charge in [0.05, 0.1) is 16.9 Å². The summed E-state index contributed by atoms with van der Waals surface area (Å²) >= 11 is 0. The van der Waals surface area contributed by atoms with Gasteiger partial charge in [0.2, 0.25) is 0 Å². The van der Waals surface area contributed by atoms with E-state index in [2.05, 4.69) is 0 Å². The minimum absolute atomic E-state index is 0.0177. The first-order chi connectivity index (χ1) is 12.2. The summed E-state index contributed by atoms with van der Waals surface area (Å²) in [4.78, 5) is 35.2. The summed E-state index contributed by atoms with van der Waals surface area (Å²) in [5, 5.41) is 18.3. The first-order valence-electron chi connectivity index (χ1n) is 7.42. The highest BCUT2D eigenvalue weighted by atomic mass is 16.5. The molecule has 2 aromatic carbocycles. The van der Waals surface area contributed by atoms with E-state index in [0.717, 1.165) is 0 Å². The lowest BCUT2D eigenvalue weighted by Crippen LogP contribution is -2.32. The number of nitrogens with two attached hydrogens (primary N) is 3. The van der Waals surface area contributed by atoms with Gasteiger partial charge in [-0.2, -0.15) is 0 Å². The highest BCUT2D eigenvalue weighted by Gasteiger charge is 2.22. The van der Waals surface area contributed by atoms with Gasteiger partial charge < -0.3 is 32.2 Å². The van der Waals surface area contributed by atoms with Crippen LogP contribution in [0.5, 0.6) is 11.5 Å². The van der Waals surface area contributed by atoms with Crippen LogP contribution in [0.3, 0.4) is 0 Å². The third kappa shape index (κ3) is 3.90. The molecule has 2 rings (SSSR count). The smallest absolute Gasteiger partial charge is 0.345 e. The molecule has 8 N–H and O–H groups in total. The van der Waals surface area contributed by atoms with Gasteiger partial charge in [-0.3, -0.25) is 9.59 Å². The van der Waals surface area contributed by atoms with Crippen LogP contribution < -0.4 is 21.9 Å². The van der Waals surface area contributed by atoms with E-state index in [4.69, 9.17) is 27.0 Å². The molecule has 0 spiro atoms. The average Bonchev–Trinajstić information content (AvgIpc) is 2.58. The van der Waals surface area contributed by atoms with Crippen molar-refractivity contribution in [1.82, 2.24) is 0 Å². The number of hydrogen-bond acceptors (Lipinski definition) is 8. The van der Waals surface area contributed by atoms with Crippen LogP contribution in [0.4, 0.5) is 11.4 Å². The van der Waals surface area contributed by atoms with Crippen molar-refractivity contribution in [2.75, 3.05) is 11.5 Å². The molecule has 0 amide bonds. The molecule has 0 aliphatic heterocycles. The minimum atomic E-state index is -1.37. The van der Waals surface area contributed by atoms with Crippen molar-refractivity contribution in [3.05, 3.63) is 47.5 Å². The predicted octanol–water partition coefficient (Wildman–Crippen LogP) is 0.761. The Morgan fingerprint density at radius 3 is 2.27 bits per heavy atom. The molecule has 2 aromatic rings. The maximum atomic E-state index is 12.2. The van der Waals surface area contributed by atoms with Crippen molar-refractivity contribution in [3.8, 4) is 11.5 Å². The van der Waals surface area contributed by atoms with Crippen LogP contribution in [-0.4, -0.2) is 34.0 Å². The Kier molecular flexibility index (Phi) is 5.43. The fourth-order valence-electron chi connectivity index (χ4n) is 2.16. The molecule has 1 atom stereocenters. The van der Waals surface area contributed by atoms with Gasteiger partial charge in [0.1, 0.15) is 11.8 Å². The number of aliphatic carboxylic acids is 1. The summed E-state index contributed by atoms with van der Waals surface area (Å²) in [5.41, 5.74) is 16.5. The number of carbonyl (C=O) groups excluding carboxylic acids is 2. The summed E-state index contributed by atoms with van der Waals surface area (Å²) in [6.45, 7) is 0. The molecule has 0 saturated carbocycles. The van der Waals surface area contributed by atoms with Gasteiger partial charge in [0.15, 0.2) is 11.5 Å². The van der Waals surface area contributed by atoms with E-state index in [1.165, 1.54) is 36.4 Å². The second-order valence-corrected chi connectivity index (χ2v) is 5.42. The molecule has 0 unspecified atom stereocenters. The van der Waals surface area contributed by atoms with Crippen LogP contribution in [-0.2, 0) is 4.79 Å². The molecule has 26 heavy (non-hydrogen) atoms. The number of phenols is 1. The zero-order chi connectivity index (χ0) is 19.4. The zero-order valence-corrected chi connectivity index (χ0v) is 13.5. The fraction of sp³-hybridized carbons (Fsp3) is 0.118. The Morgan fingerprint density at radius 1 is 1.00 bits per heavy atom. The number of hydrogen-bond donors (Lipinski definition) is 5. The number of ketones is 1. The van der Waals surface area contributed by atoms with Crippen LogP contribution in [0.15, 0.2) is 36.4 Å². The van der Waals surface area contributed by atoms with Gasteiger partial charge in [-0.05, 0) is 24.3 Å². The van der Waals surface area contributed by atoms with E-state index in [1.807, 2.05) is 0 Å². The number of carboxylic acids is 1. The molecular weight excluding hydrogens is 342 g/mol. The lowest BCUT2D eigenvalue weighted by atomic mass is 10.0. The molecule has 9 nitrogen and oxygen atoms in total. The number of Topliss-reactive ketones (excluding diaryl/α,β-unsaturated/α-hetero) is 1. The van der Waals surface area contributed by atoms with Gasteiger partial charge in [0.25, 0.3) is 0 Å². The minimum Gasteiger partial charge on any atom is -0.506 e. The zero-order valence-electron chi connectivity index (χ0n) is 13.5. The third-order valence-electron chi connectivity index (χ3n) is 3.59. The van der Waals surface area contributed by atoms with Crippen LogP contribution in [0.1, 0.15) is 27.1 Å². The van der Waals surface area contributed by atoms with E-state index in [9.17, 15) is 19.5 Å². The summed E-state index contributed by atoms with van der Waals surface area (Å²) in [6, 6.07) is 6.86. The molecule has 0 radical (unpaired) electrons. The monoisotopic (exact) mass is 359 g/mol. The lowest BCUT2D eigenvalue weighted by molar-refractivity contribution is -0.138. The molecule has 0 saturated heterocycles. The van der Waals surface area contributed by atoms with Crippen molar-refractivity contribution in [1.29, 1.82) is 0 Å². The van der Waals surface area contributed by atoms with Crippen molar-refractivity contribution < 1.29 is 29.3 Å². The van der Waals surface area contributed by atoms with Crippen molar-refractivity contribution >= 4 is 29.1 Å². The van der Waals surface area contributed by atoms with Crippen LogP contribution in [0.25, 0.3) is 0 Å². The molecule has 0 bridgehead atoms. The molecule has 0 aliphatic rings. The van der Waals surface area contributed by atoms with Gasteiger partial charge in [0, 0.05) is 12.0 Å². The summed E-state index contributed by atoms with van der Waals surface area (Å²) in [6.07, 6.45) is -0.462. The number of aromatic hydroxyl groups is 1. The Hall–Kier alpha value is -3.59. The first kappa shape index (κ1) is 18.7. The Balaban J connectivity index is 2.26. The Labute approximate surface area is 148 Å². The van der Waals surface area contributed by atoms with E-state index in [0.29, 0.717) is 0 Å². The topological polar surface area (TPSA) is 179 Å². The maximum absolute atomic E-state index is 12.2. The van der Waals surface area contributed by atoms with E-state index >= 15 is 0 Å². The Bertz CT molecular complexity index is 881. The molecule has 136 valence electrons. The van der Waals surface area contributed by atoms with Crippen molar-refractivity contribution in [2.45, 2.75) is 12.5 Å². The van der Waals surface area contributed by atoms with Crippen LogP contribution in [0, 0.1) is 0 Å². The fourth-order valence-corrected chi connectivity index (χ4v) is 2.16. The lowest BCUT2D eigenvalue weighted by Gasteiger charge is -2.12. The summed E-state index contributed by atoms with van der Waals surface area (Å²) in [5.74, 6) is -3.19. The number of para-hydroxylation sites is 2. The number of carboxylic acid groups (broad SMARTS) is 1. The number of phenolic OH excluding ortho intramolecular Hbond substituents is 1. The molecule has 0 fully saturated rings. The molecule has 0 heterocycles. The highest BCUT2D eigenvalue weighted by Crippen LogP contribution is 2.29. The van der Waals surface area contributed by atoms with Crippen LogP contribution >= 0.6 is 0 Å². The standard InChI is InChI=1S/C17H17N3O6/c18-10(16(23)24)7-12(22)8-3-2-6-13(15(8)20)26-17(25)9-4-1-5-11(21)14(9)19/h1-6,10,21H,7,18-20H2,(H,23,24)/t10-/m0/s1. The number of benzene rings is 2. The quantitative estimate of drug-likeness (QED) is 0.164. The molecule has 9 heteroatoms. The average molecular weight is 359 g/mol. The van der Waals surface area contributed by atoms with Gasteiger partial charge >= 0.3 is 11.9 Å². The van der Waals surface area contributed by atoms with Crippen molar-refractivity contribution in [2.24, 2.45) is 5.73 Å². The number of ether oxygens (including phenoxy) is 1. The highest BCUT2D eigenvalue weighted by molar-refractivity contribution is 6.04. The van der Waals surface area contributed by atoms with Crippen LogP contribution in [0.2, 0.25) is 0 Å².